The Kier molecular flexibility index (Phi) is 5.95. The molecule has 1 aliphatic heterocycles. The van der Waals surface area contributed by atoms with Crippen LogP contribution in [0.15, 0.2) is 53.6 Å². The van der Waals surface area contributed by atoms with E-state index in [2.05, 4.69) is 40.8 Å². The average molecular weight is 397 g/mol. The number of benzene rings is 1. The number of pyridine rings is 1. The molecule has 0 aliphatic carbocycles. The average Bonchev–Trinajstić information content (AvgIpc) is 3.13. The van der Waals surface area contributed by atoms with Crippen LogP contribution in [0.2, 0.25) is 0 Å². The van der Waals surface area contributed by atoms with E-state index in [4.69, 9.17) is 4.74 Å². The number of rotatable bonds is 6. The molecule has 0 unspecified atom stereocenters. The summed E-state index contributed by atoms with van der Waals surface area (Å²) < 4.78 is 7.37. The lowest BCUT2D eigenvalue weighted by Gasteiger charge is -2.26. The van der Waals surface area contributed by atoms with Gasteiger partial charge in [-0.3, -0.25) is 4.79 Å². The predicted molar refractivity (Wildman–Crippen MR) is 111 cm³/mol. The Balaban J connectivity index is 1.55. The number of morpholine rings is 1. The van der Waals surface area contributed by atoms with Crippen LogP contribution >= 0.6 is 11.8 Å². The van der Waals surface area contributed by atoms with Crippen molar-refractivity contribution in [1.29, 1.82) is 0 Å². The molecule has 3 aromatic rings. The molecule has 0 spiro atoms. The van der Waals surface area contributed by atoms with Gasteiger partial charge in [0.15, 0.2) is 5.69 Å². The maximum absolute atomic E-state index is 13.1. The van der Waals surface area contributed by atoms with Gasteiger partial charge in [0.2, 0.25) is 0 Å². The van der Waals surface area contributed by atoms with Crippen LogP contribution in [0.5, 0.6) is 0 Å². The smallest absolute Gasteiger partial charge is 0.274 e. The van der Waals surface area contributed by atoms with Crippen LogP contribution in [-0.4, -0.2) is 52.8 Å². The van der Waals surface area contributed by atoms with Crippen molar-refractivity contribution in [3.05, 3.63) is 65.6 Å². The van der Waals surface area contributed by atoms with Gasteiger partial charge in [-0.1, -0.05) is 18.2 Å². The molecule has 7 heteroatoms. The van der Waals surface area contributed by atoms with E-state index in [1.807, 2.05) is 33.7 Å². The van der Waals surface area contributed by atoms with Crippen LogP contribution in [0.4, 0.5) is 0 Å². The van der Waals surface area contributed by atoms with Gasteiger partial charge in [0.1, 0.15) is 5.65 Å². The van der Waals surface area contributed by atoms with Crippen LogP contribution in [0, 0.1) is 0 Å². The van der Waals surface area contributed by atoms with Crippen LogP contribution < -0.4 is 5.32 Å². The number of amides is 1. The maximum Gasteiger partial charge on any atom is 0.274 e. The third kappa shape index (κ3) is 4.06. The van der Waals surface area contributed by atoms with E-state index >= 15 is 0 Å². The zero-order valence-electron chi connectivity index (χ0n) is 15.9. The van der Waals surface area contributed by atoms with Crippen molar-refractivity contribution in [2.75, 3.05) is 32.6 Å². The van der Waals surface area contributed by atoms with Crippen molar-refractivity contribution in [1.82, 2.24) is 19.6 Å². The minimum absolute atomic E-state index is 0.0202. The lowest BCUT2D eigenvalue weighted by molar-refractivity contribution is 0.0298. The molecule has 1 N–H and O–H groups in total. The Morgan fingerprint density at radius 2 is 2.04 bits per heavy atom. The zero-order valence-corrected chi connectivity index (χ0v) is 16.7. The Morgan fingerprint density at radius 1 is 1.18 bits per heavy atom. The monoisotopic (exact) mass is 396 g/mol. The summed E-state index contributed by atoms with van der Waals surface area (Å²) in [5, 5.41) is 3.48. The number of hydrogen-bond donors (Lipinski definition) is 1. The molecule has 2 aromatic heterocycles. The molecule has 6 nitrogen and oxygen atoms in total. The van der Waals surface area contributed by atoms with Crippen molar-refractivity contribution < 1.29 is 9.53 Å². The highest BCUT2D eigenvalue weighted by Crippen LogP contribution is 2.18. The molecular formula is C21H24N4O2S. The van der Waals surface area contributed by atoms with Gasteiger partial charge in [-0.15, -0.1) is 11.8 Å². The van der Waals surface area contributed by atoms with Crippen molar-refractivity contribution in [2.45, 2.75) is 18.0 Å². The first kappa shape index (κ1) is 19.0. The van der Waals surface area contributed by atoms with Gasteiger partial charge < -0.3 is 19.4 Å². The lowest BCUT2D eigenvalue weighted by Crippen LogP contribution is -2.41. The molecule has 1 aliphatic rings. The molecule has 146 valence electrons. The standard InChI is InChI=1S/C21H24N4O2S/c1-28-17-6-4-5-16(13-17)14-22-15-18-20(21(26)24-9-11-27-12-10-24)23-19-7-2-3-8-25(18)19/h2-8,13,22H,9-12,14-15H2,1H3. The Bertz CT molecular complexity index is 966. The van der Waals surface area contributed by atoms with E-state index in [9.17, 15) is 4.79 Å². The number of fused-ring (bicyclic) bond motifs is 1. The summed E-state index contributed by atoms with van der Waals surface area (Å²) in [5.41, 5.74) is 3.44. The Labute approximate surface area is 168 Å². The highest BCUT2D eigenvalue weighted by Gasteiger charge is 2.25. The molecule has 28 heavy (non-hydrogen) atoms. The van der Waals surface area contributed by atoms with Gasteiger partial charge in [0.25, 0.3) is 5.91 Å². The van der Waals surface area contributed by atoms with Crippen molar-refractivity contribution >= 4 is 23.3 Å². The third-order valence-corrected chi connectivity index (χ3v) is 5.61. The highest BCUT2D eigenvalue weighted by molar-refractivity contribution is 7.98. The van der Waals surface area contributed by atoms with Gasteiger partial charge in [-0.05, 0) is 36.1 Å². The maximum atomic E-state index is 13.1. The second-order valence-corrected chi connectivity index (χ2v) is 7.58. The van der Waals surface area contributed by atoms with E-state index < -0.39 is 0 Å². The van der Waals surface area contributed by atoms with Gasteiger partial charge >= 0.3 is 0 Å². The number of carbonyl (C=O) groups excluding carboxylic acids is 1. The number of aromatic nitrogens is 2. The van der Waals surface area contributed by atoms with Crippen LogP contribution in [-0.2, 0) is 17.8 Å². The summed E-state index contributed by atoms with van der Waals surface area (Å²) in [6.45, 7) is 3.69. The van der Waals surface area contributed by atoms with Crippen molar-refractivity contribution in [3.8, 4) is 0 Å². The van der Waals surface area contributed by atoms with Crippen molar-refractivity contribution in [3.63, 3.8) is 0 Å². The van der Waals surface area contributed by atoms with E-state index in [0.29, 0.717) is 38.5 Å². The summed E-state index contributed by atoms with van der Waals surface area (Å²) in [6, 6.07) is 14.3. The summed E-state index contributed by atoms with van der Waals surface area (Å²) in [4.78, 5) is 20.8. The number of imidazole rings is 1. The molecule has 0 saturated carbocycles. The zero-order chi connectivity index (χ0) is 19.3. The summed E-state index contributed by atoms with van der Waals surface area (Å²) in [7, 11) is 0. The van der Waals surface area contributed by atoms with Gasteiger partial charge in [0, 0.05) is 37.3 Å². The normalized spacial score (nSPS) is 14.5. The van der Waals surface area contributed by atoms with Crippen molar-refractivity contribution in [2.24, 2.45) is 0 Å². The Hall–Kier alpha value is -2.35. The number of hydrogen-bond acceptors (Lipinski definition) is 5. The van der Waals surface area contributed by atoms with Gasteiger partial charge in [-0.25, -0.2) is 4.98 Å². The fourth-order valence-corrected chi connectivity index (χ4v) is 3.89. The predicted octanol–water partition coefficient (Wildman–Crippen LogP) is 2.82. The molecule has 1 fully saturated rings. The largest absolute Gasteiger partial charge is 0.378 e. The van der Waals surface area contributed by atoms with Gasteiger partial charge in [-0.2, -0.15) is 0 Å². The van der Waals surface area contributed by atoms with E-state index in [1.165, 1.54) is 10.5 Å². The molecule has 1 aromatic carbocycles. The number of ether oxygens (including phenoxy) is 1. The molecule has 3 heterocycles. The SMILES string of the molecule is CSc1cccc(CNCc2c(C(=O)N3CCOCC3)nc3ccccn23)c1. The second-order valence-electron chi connectivity index (χ2n) is 6.70. The Morgan fingerprint density at radius 3 is 2.86 bits per heavy atom. The first-order valence-electron chi connectivity index (χ1n) is 9.43. The van der Waals surface area contributed by atoms with E-state index in [1.54, 1.807) is 11.8 Å². The van der Waals surface area contributed by atoms with E-state index in [-0.39, 0.29) is 5.91 Å². The number of nitrogens with one attached hydrogen (secondary N) is 1. The first-order chi connectivity index (χ1) is 13.8. The fourth-order valence-electron chi connectivity index (χ4n) is 3.41. The van der Waals surface area contributed by atoms with E-state index in [0.717, 1.165) is 17.9 Å². The quantitative estimate of drug-likeness (QED) is 0.650. The molecule has 0 radical (unpaired) electrons. The molecule has 0 atom stereocenters. The molecule has 1 saturated heterocycles. The summed E-state index contributed by atoms with van der Waals surface area (Å²) in [5.74, 6) is -0.0202. The molecule has 1 amide bonds. The molecular weight excluding hydrogens is 372 g/mol. The van der Waals surface area contributed by atoms with Crippen LogP contribution in [0.25, 0.3) is 5.65 Å². The third-order valence-electron chi connectivity index (χ3n) is 4.89. The molecule has 0 bridgehead atoms. The number of thioether (sulfide) groups is 1. The minimum atomic E-state index is -0.0202. The highest BCUT2D eigenvalue weighted by atomic mass is 32.2. The lowest BCUT2D eigenvalue weighted by atomic mass is 10.2. The minimum Gasteiger partial charge on any atom is -0.378 e. The fraction of sp³-hybridized carbons (Fsp3) is 0.333. The topological polar surface area (TPSA) is 58.9 Å². The molecule has 4 rings (SSSR count). The summed E-state index contributed by atoms with van der Waals surface area (Å²) >= 11 is 1.74. The second kappa shape index (κ2) is 8.77. The number of carbonyl (C=O) groups is 1. The van der Waals surface area contributed by atoms with Crippen LogP contribution in [0.3, 0.4) is 0 Å². The van der Waals surface area contributed by atoms with Gasteiger partial charge in [0.05, 0.1) is 18.9 Å². The summed E-state index contributed by atoms with van der Waals surface area (Å²) in [6.07, 6.45) is 4.04. The number of nitrogens with zero attached hydrogens (tertiary/aromatic N) is 3. The van der Waals surface area contributed by atoms with Crippen LogP contribution in [0.1, 0.15) is 21.7 Å². The first-order valence-corrected chi connectivity index (χ1v) is 10.7.